The van der Waals surface area contributed by atoms with Gasteiger partial charge in [-0.2, -0.15) is 0 Å². The normalized spacial score (nSPS) is 13.3. The minimum atomic E-state index is -0.685. The fourth-order valence-electron chi connectivity index (χ4n) is 2.59. The zero-order valence-corrected chi connectivity index (χ0v) is 13.3. The number of para-hydroxylation sites is 1. The van der Waals surface area contributed by atoms with E-state index in [2.05, 4.69) is 5.32 Å². The molecule has 0 aliphatic rings. The number of hydrogen-bond donors (Lipinski definition) is 2. The Kier molecular flexibility index (Phi) is 4.96. The van der Waals surface area contributed by atoms with E-state index in [1.807, 2.05) is 84.9 Å². The highest BCUT2D eigenvalue weighted by Crippen LogP contribution is 2.34. The SMILES string of the molecule is O[C@@H](c1ccccc1)[C@H](Nc1ccccc1Cl)c1ccccc1. The second kappa shape index (κ2) is 7.32. The fraction of sp³-hybridized carbons (Fsp3) is 0.100. The molecule has 3 rings (SSSR count). The zero-order chi connectivity index (χ0) is 16.1. The highest BCUT2D eigenvalue weighted by molar-refractivity contribution is 6.33. The molecular formula is C20H18ClNO. The summed E-state index contributed by atoms with van der Waals surface area (Å²) in [4.78, 5) is 0. The van der Waals surface area contributed by atoms with Gasteiger partial charge in [0.15, 0.2) is 0 Å². The van der Waals surface area contributed by atoms with Crippen LogP contribution in [0.5, 0.6) is 0 Å². The van der Waals surface area contributed by atoms with E-state index in [0.29, 0.717) is 5.02 Å². The van der Waals surface area contributed by atoms with Crippen molar-refractivity contribution in [1.82, 2.24) is 0 Å². The number of aliphatic hydroxyl groups is 1. The highest BCUT2D eigenvalue weighted by Gasteiger charge is 2.23. The molecule has 2 N–H and O–H groups in total. The molecule has 0 spiro atoms. The minimum absolute atomic E-state index is 0.293. The predicted molar refractivity (Wildman–Crippen MR) is 95.7 cm³/mol. The Morgan fingerprint density at radius 3 is 1.83 bits per heavy atom. The van der Waals surface area contributed by atoms with Crippen molar-refractivity contribution in [3.05, 3.63) is 101 Å². The van der Waals surface area contributed by atoms with Crippen LogP contribution in [0.1, 0.15) is 23.3 Å². The van der Waals surface area contributed by atoms with E-state index < -0.39 is 6.10 Å². The number of rotatable bonds is 5. The number of nitrogens with one attached hydrogen (secondary N) is 1. The van der Waals surface area contributed by atoms with E-state index in [1.54, 1.807) is 0 Å². The maximum Gasteiger partial charge on any atom is 0.103 e. The van der Waals surface area contributed by atoms with E-state index in [9.17, 15) is 5.11 Å². The van der Waals surface area contributed by atoms with Gasteiger partial charge < -0.3 is 10.4 Å². The number of anilines is 1. The second-order valence-electron chi connectivity index (χ2n) is 5.37. The zero-order valence-electron chi connectivity index (χ0n) is 12.6. The van der Waals surface area contributed by atoms with Gasteiger partial charge in [-0.3, -0.25) is 0 Å². The summed E-state index contributed by atoms with van der Waals surface area (Å²) in [6, 6.07) is 26.8. The molecule has 0 radical (unpaired) electrons. The molecule has 0 saturated carbocycles. The molecule has 3 heteroatoms. The van der Waals surface area contributed by atoms with Crippen molar-refractivity contribution in [2.24, 2.45) is 0 Å². The molecule has 0 saturated heterocycles. The molecule has 23 heavy (non-hydrogen) atoms. The van der Waals surface area contributed by atoms with Gasteiger partial charge >= 0.3 is 0 Å². The first-order chi connectivity index (χ1) is 11.3. The van der Waals surface area contributed by atoms with Crippen molar-refractivity contribution < 1.29 is 5.11 Å². The van der Waals surface area contributed by atoms with E-state index in [1.165, 1.54) is 0 Å². The van der Waals surface area contributed by atoms with Gasteiger partial charge in [0.05, 0.1) is 16.8 Å². The quantitative estimate of drug-likeness (QED) is 0.674. The van der Waals surface area contributed by atoms with Gasteiger partial charge in [-0.25, -0.2) is 0 Å². The molecule has 0 aromatic heterocycles. The van der Waals surface area contributed by atoms with E-state index >= 15 is 0 Å². The van der Waals surface area contributed by atoms with Gasteiger partial charge in [0.25, 0.3) is 0 Å². The summed E-state index contributed by atoms with van der Waals surface area (Å²) in [5, 5.41) is 14.9. The Bertz CT molecular complexity index is 746. The first kappa shape index (κ1) is 15.6. The summed E-state index contributed by atoms with van der Waals surface area (Å²) in [6.07, 6.45) is -0.685. The monoisotopic (exact) mass is 323 g/mol. The Morgan fingerprint density at radius 2 is 1.22 bits per heavy atom. The standard InChI is InChI=1S/C20H18ClNO/c21-17-13-7-8-14-18(17)22-19(15-9-3-1-4-10-15)20(23)16-11-5-2-6-12-16/h1-14,19-20,22-23H/t19-,20+/m1/s1. The number of benzene rings is 3. The Balaban J connectivity index is 1.96. The molecule has 0 aliphatic heterocycles. The maximum atomic E-state index is 10.9. The van der Waals surface area contributed by atoms with Crippen LogP contribution in [-0.4, -0.2) is 5.11 Å². The summed E-state index contributed by atoms with van der Waals surface area (Å²) < 4.78 is 0. The first-order valence-electron chi connectivity index (χ1n) is 7.55. The van der Waals surface area contributed by atoms with E-state index in [4.69, 9.17) is 11.6 Å². The number of hydrogen-bond acceptors (Lipinski definition) is 2. The number of halogens is 1. The van der Waals surface area contributed by atoms with E-state index in [-0.39, 0.29) is 6.04 Å². The summed E-state index contributed by atoms with van der Waals surface area (Å²) in [5.74, 6) is 0. The lowest BCUT2D eigenvalue weighted by Crippen LogP contribution is -2.19. The van der Waals surface area contributed by atoms with Crippen LogP contribution in [0, 0.1) is 0 Å². The summed E-state index contributed by atoms with van der Waals surface area (Å²) in [5.41, 5.74) is 2.67. The summed E-state index contributed by atoms with van der Waals surface area (Å²) >= 11 is 6.26. The average Bonchev–Trinajstić information content (AvgIpc) is 2.62. The van der Waals surface area contributed by atoms with Crippen molar-refractivity contribution in [3.8, 4) is 0 Å². The summed E-state index contributed by atoms with van der Waals surface area (Å²) in [6.45, 7) is 0. The van der Waals surface area contributed by atoms with Crippen LogP contribution in [0.2, 0.25) is 5.02 Å². The van der Waals surface area contributed by atoms with Crippen LogP contribution in [0.25, 0.3) is 0 Å². The van der Waals surface area contributed by atoms with Crippen LogP contribution in [0.3, 0.4) is 0 Å². The van der Waals surface area contributed by atoms with Crippen molar-refractivity contribution in [2.75, 3.05) is 5.32 Å². The third-order valence-corrected chi connectivity index (χ3v) is 4.13. The molecule has 0 heterocycles. The van der Waals surface area contributed by atoms with Crippen molar-refractivity contribution in [2.45, 2.75) is 12.1 Å². The third kappa shape index (κ3) is 3.73. The van der Waals surface area contributed by atoms with Crippen LogP contribution >= 0.6 is 11.6 Å². The molecule has 3 aromatic rings. The van der Waals surface area contributed by atoms with Gasteiger partial charge in [0.2, 0.25) is 0 Å². The molecular weight excluding hydrogens is 306 g/mol. The van der Waals surface area contributed by atoms with Crippen LogP contribution < -0.4 is 5.32 Å². The second-order valence-corrected chi connectivity index (χ2v) is 5.78. The van der Waals surface area contributed by atoms with Crippen molar-refractivity contribution in [3.63, 3.8) is 0 Å². The molecule has 0 bridgehead atoms. The Morgan fingerprint density at radius 1 is 0.696 bits per heavy atom. The van der Waals surface area contributed by atoms with Gasteiger partial charge in [0.1, 0.15) is 6.10 Å². The lowest BCUT2D eigenvalue weighted by molar-refractivity contribution is 0.155. The smallest absolute Gasteiger partial charge is 0.103 e. The average molecular weight is 324 g/mol. The lowest BCUT2D eigenvalue weighted by atomic mass is 9.95. The largest absolute Gasteiger partial charge is 0.386 e. The summed E-state index contributed by atoms with van der Waals surface area (Å²) in [7, 11) is 0. The molecule has 116 valence electrons. The molecule has 3 aromatic carbocycles. The topological polar surface area (TPSA) is 32.3 Å². The van der Waals surface area contributed by atoms with Crippen molar-refractivity contribution >= 4 is 17.3 Å². The molecule has 0 aliphatic carbocycles. The van der Waals surface area contributed by atoms with Crippen molar-refractivity contribution in [1.29, 1.82) is 0 Å². The molecule has 0 fully saturated rings. The van der Waals surface area contributed by atoms with Gasteiger partial charge in [-0.15, -0.1) is 0 Å². The minimum Gasteiger partial charge on any atom is -0.386 e. The highest BCUT2D eigenvalue weighted by atomic mass is 35.5. The van der Waals surface area contributed by atoms with Gasteiger partial charge in [-0.05, 0) is 23.3 Å². The Labute approximate surface area is 141 Å². The predicted octanol–water partition coefficient (Wildman–Crippen LogP) is 5.23. The lowest BCUT2D eigenvalue weighted by Gasteiger charge is -2.26. The van der Waals surface area contributed by atoms with Gasteiger partial charge in [0, 0.05) is 0 Å². The van der Waals surface area contributed by atoms with Gasteiger partial charge in [-0.1, -0.05) is 84.4 Å². The number of aliphatic hydroxyl groups excluding tert-OH is 1. The molecule has 0 amide bonds. The molecule has 0 unspecified atom stereocenters. The Hall–Kier alpha value is -2.29. The van der Waals surface area contributed by atoms with Crippen LogP contribution in [0.15, 0.2) is 84.9 Å². The molecule has 2 nitrogen and oxygen atoms in total. The van der Waals surface area contributed by atoms with E-state index in [0.717, 1.165) is 16.8 Å². The molecule has 2 atom stereocenters. The van der Waals surface area contributed by atoms with Crippen LogP contribution in [-0.2, 0) is 0 Å². The third-order valence-electron chi connectivity index (χ3n) is 3.80. The first-order valence-corrected chi connectivity index (χ1v) is 7.92. The maximum absolute atomic E-state index is 10.9. The van der Waals surface area contributed by atoms with Crippen LogP contribution in [0.4, 0.5) is 5.69 Å². The fourth-order valence-corrected chi connectivity index (χ4v) is 2.78.